The number of benzene rings is 1. The molecule has 1 atom stereocenters. The van der Waals surface area contributed by atoms with Crippen molar-refractivity contribution in [3.05, 3.63) is 35.9 Å². The number of hydrogen-bond acceptors (Lipinski definition) is 3. The summed E-state index contributed by atoms with van der Waals surface area (Å²) in [5.41, 5.74) is 7.06. The predicted molar refractivity (Wildman–Crippen MR) is 79.7 cm³/mol. The first-order valence-corrected chi connectivity index (χ1v) is 7.36. The Morgan fingerprint density at radius 1 is 1.24 bits per heavy atom. The third-order valence-electron chi connectivity index (χ3n) is 4.01. The molecule has 1 heterocycles. The van der Waals surface area contributed by atoms with Gasteiger partial charge in [-0.25, -0.2) is 0 Å². The largest absolute Gasteiger partial charge is 0.481 e. The van der Waals surface area contributed by atoms with Gasteiger partial charge in [0.25, 0.3) is 0 Å². The van der Waals surface area contributed by atoms with Gasteiger partial charge in [0.2, 0.25) is 5.91 Å². The average molecular weight is 290 g/mol. The number of carboxylic acids is 1. The first-order chi connectivity index (χ1) is 10.1. The number of nitrogens with two attached hydrogens (primary N) is 1. The molecule has 21 heavy (non-hydrogen) atoms. The van der Waals surface area contributed by atoms with E-state index in [-0.39, 0.29) is 18.2 Å². The van der Waals surface area contributed by atoms with Crippen molar-refractivity contribution in [1.82, 2.24) is 4.90 Å². The Hall–Kier alpha value is -1.88. The summed E-state index contributed by atoms with van der Waals surface area (Å²) in [5.74, 6) is -0.620. The second kappa shape index (κ2) is 7.22. The van der Waals surface area contributed by atoms with Gasteiger partial charge in [-0.2, -0.15) is 0 Å². The molecule has 1 fully saturated rings. The van der Waals surface area contributed by atoms with E-state index in [2.05, 4.69) is 0 Å². The molecular weight excluding hydrogens is 268 g/mol. The van der Waals surface area contributed by atoms with E-state index in [1.807, 2.05) is 30.3 Å². The van der Waals surface area contributed by atoms with Crippen LogP contribution in [-0.4, -0.2) is 41.0 Å². The normalized spacial score (nSPS) is 17.5. The summed E-state index contributed by atoms with van der Waals surface area (Å²) < 4.78 is 0. The van der Waals surface area contributed by atoms with Crippen molar-refractivity contribution in [2.45, 2.75) is 31.7 Å². The van der Waals surface area contributed by atoms with E-state index in [1.54, 1.807) is 4.90 Å². The first-order valence-electron chi connectivity index (χ1n) is 7.36. The number of amides is 1. The summed E-state index contributed by atoms with van der Waals surface area (Å²) in [6.07, 6.45) is 2.22. The van der Waals surface area contributed by atoms with Gasteiger partial charge in [-0.05, 0) is 30.7 Å². The molecule has 0 radical (unpaired) electrons. The summed E-state index contributed by atoms with van der Waals surface area (Å²) in [7, 11) is 0. The van der Waals surface area contributed by atoms with E-state index in [0.29, 0.717) is 19.5 Å². The van der Waals surface area contributed by atoms with Gasteiger partial charge < -0.3 is 15.7 Å². The second-order valence-electron chi connectivity index (χ2n) is 5.66. The van der Waals surface area contributed by atoms with Crippen LogP contribution in [-0.2, 0) is 16.0 Å². The fraction of sp³-hybridized carbons (Fsp3) is 0.500. The SMILES string of the molecule is N[C@H](Cc1ccccc1)C(=O)N1CCC(CC(=O)O)CC1. The van der Waals surface area contributed by atoms with E-state index >= 15 is 0 Å². The molecule has 1 amide bonds. The van der Waals surface area contributed by atoms with Gasteiger partial charge in [-0.15, -0.1) is 0 Å². The molecule has 1 saturated heterocycles. The molecule has 1 aromatic rings. The summed E-state index contributed by atoms with van der Waals surface area (Å²) in [4.78, 5) is 24.8. The zero-order chi connectivity index (χ0) is 15.2. The number of carbonyl (C=O) groups excluding carboxylic acids is 1. The average Bonchev–Trinajstić information content (AvgIpc) is 2.47. The lowest BCUT2D eigenvalue weighted by Gasteiger charge is -2.33. The quantitative estimate of drug-likeness (QED) is 0.855. The zero-order valence-corrected chi connectivity index (χ0v) is 12.1. The molecule has 0 aromatic heterocycles. The number of piperidine rings is 1. The Labute approximate surface area is 124 Å². The number of hydrogen-bond donors (Lipinski definition) is 2. The van der Waals surface area contributed by atoms with Crippen LogP contribution in [0.3, 0.4) is 0 Å². The van der Waals surface area contributed by atoms with E-state index in [0.717, 1.165) is 18.4 Å². The smallest absolute Gasteiger partial charge is 0.303 e. The van der Waals surface area contributed by atoms with Gasteiger partial charge in [-0.1, -0.05) is 30.3 Å². The highest BCUT2D eigenvalue weighted by molar-refractivity contribution is 5.82. The van der Waals surface area contributed by atoms with Crippen molar-refractivity contribution in [2.75, 3.05) is 13.1 Å². The van der Waals surface area contributed by atoms with Crippen LogP contribution in [0.2, 0.25) is 0 Å². The van der Waals surface area contributed by atoms with E-state index in [1.165, 1.54) is 0 Å². The van der Waals surface area contributed by atoms with Crippen molar-refractivity contribution >= 4 is 11.9 Å². The Kier molecular flexibility index (Phi) is 5.33. The van der Waals surface area contributed by atoms with E-state index in [9.17, 15) is 9.59 Å². The predicted octanol–water partition coefficient (Wildman–Crippen LogP) is 1.27. The number of likely N-dealkylation sites (tertiary alicyclic amines) is 1. The number of aliphatic carboxylic acids is 1. The second-order valence-corrected chi connectivity index (χ2v) is 5.66. The number of rotatable bonds is 5. The van der Waals surface area contributed by atoms with Crippen molar-refractivity contribution in [2.24, 2.45) is 11.7 Å². The van der Waals surface area contributed by atoms with E-state index in [4.69, 9.17) is 10.8 Å². The van der Waals surface area contributed by atoms with Crippen LogP contribution in [0.5, 0.6) is 0 Å². The molecule has 5 nitrogen and oxygen atoms in total. The monoisotopic (exact) mass is 290 g/mol. The fourth-order valence-corrected chi connectivity index (χ4v) is 2.79. The van der Waals surface area contributed by atoms with Crippen LogP contribution in [0, 0.1) is 5.92 Å². The third-order valence-corrected chi connectivity index (χ3v) is 4.01. The van der Waals surface area contributed by atoms with Crippen molar-refractivity contribution in [3.63, 3.8) is 0 Å². The van der Waals surface area contributed by atoms with Gasteiger partial charge in [-0.3, -0.25) is 9.59 Å². The number of carboxylic acid groups (broad SMARTS) is 1. The molecule has 114 valence electrons. The number of carbonyl (C=O) groups is 2. The highest BCUT2D eigenvalue weighted by Crippen LogP contribution is 2.21. The maximum Gasteiger partial charge on any atom is 0.303 e. The minimum absolute atomic E-state index is 0.0346. The molecular formula is C16H22N2O3. The van der Waals surface area contributed by atoms with Crippen LogP contribution >= 0.6 is 0 Å². The minimum atomic E-state index is -0.763. The topological polar surface area (TPSA) is 83.6 Å². The van der Waals surface area contributed by atoms with Crippen molar-refractivity contribution in [1.29, 1.82) is 0 Å². The van der Waals surface area contributed by atoms with Crippen LogP contribution in [0.4, 0.5) is 0 Å². The van der Waals surface area contributed by atoms with Crippen LogP contribution in [0.15, 0.2) is 30.3 Å². The van der Waals surface area contributed by atoms with Gasteiger partial charge in [0.1, 0.15) is 0 Å². The molecule has 0 saturated carbocycles. The molecule has 1 aromatic carbocycles. The molecule has 1 aliphatic heterocycles. The van der Waals surface area contributed by atoms with Crippen LogP contribution < -0.4 is 5.73 Å². The summed E-state index contributed by atoms with van der Waals surface area (Å²) in [6.45, 7) is 1.22. The maximum absolute atomic E-state index is 12.3. The lowest BCUT2D eigenvalue weighted by molar-refractivity contribution is -0.138. The highest BCUT2D eigenvalue weighted by Gasteiger charge is 2.27. The molecule has 0 spiro atoms. The highest BCUT2D eigenvalue weighted by atomic mass is 16.4. The van der Waals surface area contributed by atoms with Crippen LogP contribution in [0.1, 0.15) is 24.8 Å². The standard InChI is InChI=1S/C16H22N2O3/c17-14(10-12-4-2-1-3-5-12)16(21)18-8-6-13(7-9-18)11-15(19)20/h1-5,13-14H,6-11,17H2,(H,19,20)/t14-/m1/s1. The molecule has 3 N–H and O–H groups in total. The van der Waals surface area contributed by atoms with E-state index < -0.39 is 12.0 Å². The lowest BCUT2D eigenvalue weighted by Crippen LogP contribution is -2.48. The summed E-state index contributed by atoms with van der Waals surface area (Å²) in [6, 6.07) is 9.21. The molecule has 0 aliphatic carbocycles. The molecule has 5 heteroatoms. The van der Waals surface area contributed by atoms with Crippen LogP contribution in [0.25, 0.3) is 0 Å². The minimum Gasteiger partial charge on any atom is -0.481 e. The Morgan fingerprint density at radius 3 is 2.43 bits per heavy atom. The lowest BCUT2D eigenvalue weighted by atomic mass is 9.93. The third kappa shape index (κ3) is 4.56. The van der Waals surface area contributed by atoms with Gasteiger partial charge in [0.05, 0.1) is 6.04 Å². The van der Waals surface area contributed by atoms with Gasteiger partial charge >= 0.3 is 5.97 Å². The Balaban J connectivity index is 1.82. The Morgan fingerprint density at radius 2 is 1.86 bits per heavy atom. The maximum atomic E-state index is 12.3. The number of nitrogens with zero attached hydrogens (tertiary/aromatic N) is 1. The molecule has 0 unspecified atom stereocenters. The summed E-state index contributed by atoms with van der Waals surface area (Å²) in [5, 5.41) is 8.79. The fourth-order valence-electron chi connectivity index (χ4n) is 2.79. The first kappa shape index (κ1) is 15.5. The van der Waals surface area contributed by atoms with Crippen molar-refractivity contribution in [3.8, 4) is 0 Å². The molecule has 1 aliphatic rings. The van der Waals surface area contributed by atoms with Crippen molar-refractivity contribution < 1.29 is 14.7 Å². The van der Waals surface area contributed by atoms with Gasteiger partial charge in [0, 0.05) is 19.5 Å². The molecule has 0 bridgehead atoms. The van der Waals surface area contributed by atoms with Gasteiger partial charge in [0.15, 0.2) is 0 Å². The Bertz CT molecular complexity index is 482. The zero-order valence-electron chi connectivity index (χ0n) is 12.1. The summed E-state index contributed by atoms with van der Waals surface area (Å²) >= 11 is 0. The molecule has 2 rings (SSSR count).